The largest absolute Gasteiger partial charge is 0.298 e. The molecule has 0 N–H and O–H groups in total. The van der Waals surface area contributed by atoms with Gasteiger partial charge in [-0.3, -0.25) is 9.69 Å². The van der Waals surface area contributed by atoms with Crippen molar-refractivity contribution >= 4 is 5.78 Å². The molecule has 13 heavy (non-hydrogen) atoms. The van der Waals surface area contributed by atoms with Crippen LogP contribution < -0.4 is 0 Å². The van der Waals surface area contributed by atoms with Crippen LogP contribution >= 0.6 is 0 Å². The number of ketones is 1. The van der Waals surface area contributed by atoms with E-state index >= 15 is 0 Å². The maximum atomic E-state index is 11.5. The van der Waals surface area contributed by atoms with Gasteiger partial charge in [0.25, 0.3) is 0 Å². The fourth-order valence-electron chi connectivity index (χ4n) is 2.69. The average Bonchev–Trinajstić information content (AvgIpc) is 2.51. The van der Waals surface area contributed by atoms with Crippen LogP contribution in [0.25, 0.3) is 0 Å². The molecule has 0 aromatic carbocycles. The summed E-state index contributed by atoms with van der Waals surface area (Å²) in [4.78, 5) is 14.0. The Morgan fingerprint density at radius 2 is 2.15 bits per heavy atom. The zero-order chi connectivity index (χ0) is 9.26. The Morgan fingerprint density at radius 1 is 1.31 bits per heavy atom. The molecule has 1 saturated carbocycles. The second-order valence-corrected chi connectivity index (χ2v) is 4.62. The lowest BCUT2D eigenvalue weighted by molar-refractivity contribution is -0.122. The van der Waals surface area contributed by atoms with Gasteiger partial charge >= 0.3 is 0 Å². The Hall–Kier alpha value is -0.370. The van der Waals surface area contributed by atoms with Crippen molar-refractivity contribution in [2.24, 2.45) is 5.92 Å². The van der Waals surface area contributed by atoms with Crippen molar-refractivity contribution in [3.8, 4) is 0 Å². The molecule has 1 aliphatic heterocycles. The predicted molar refractivity (Wildman–Crippen MR) is 52.6 cm³/mol. The molecule has 2 nitrogen and oxygen atoms in total. The number of nitrogens with zero attached hydrogens (tertiary/aromatic N) is 1. The molecule has 1 saturated heterocycles. The molecule has 2 fully saturated rings. The molecule has 2 unspecified atom stereocenters. The van der Waals surface area contributed by atoms with Gasteiger partial charge in [-0.15, -0.1) is 0 Å². The Kier molecular flexibility index (Phi) is 2.68. The van der Waals surface area contributed by atoms with Crippen LogP contribution in [0.1, 0.15) is 39.0 Å². The summed E-state index contributed by atoms with van der Waals surface area (Å²) in [5.74, 6) is 1.29. The van der Waals surface area contributed by atoms with E-state index in [1.165, 1.54) is 12.8 Å². The molecule has 0 radical (unpaired) electrons. The Bertz CT molecular complexity index is 202. The molecular formula is C11H19NO. The summed E-state index contributed by atoms with van der Waals surface area (Å²) in [6.07, 6.45) is 5.69. The van der Waals surface area contributed by atoms with E-state index in [1.54, 1.807) is 0 Å². The lowest BCUT2D eigenvalue weighted by atomic mass is 9.98. The van der Waals surface area contributed by atoms with Gasteiger partial charge < -0.3 is 0 Å². The van der Waals surface area contributed by atoms with Crippen LogP contribution in [0, 0.1) is 5.92 Å². The first-order valence-corrected chi connectivity index (χ1v) is 5.54. The minimum Gasteiger partial charge on any atom is -0.298 e. The molecule has 0 aromatic heterocycles. The average molecular weight is 181 g/mol. The summed E-state index contributed by atoms with van der Waals surface area (Å²) in [5.41, 5.74) is 0. The zero-order valence-corrected chi connectivity index (χ0v) is 8.46. The van der Waals surface area contributed by atoms with Gasteiger partial charge in [-0.05, 0) is 38.1 Å². The van der Waals surface area contributed by atoms with E-state index in [0.29, 0.717) is 11.8 Å². The van der Waals surface area contributed by atoms with E-state index in [2.05, 4.69) is 11.8 Å². The summed E-state index contributed by atoms with van der Waals surface area (Å²) in [5, 5.41) is 0. The molecular weight excluding hydrogens is 162 g/mol. The number of rotatable bonds is 1. The fraction of sp³-hybridized carbons (Fsp3) is 0.909. The van der Waals surface area contributed by atoms with E-state index in [0.717, 1.165) is 38.3 Å². The fourth-order valence-corrected chi connectivity index (χ4v) is 2.69. The van der Waals surface area contributed by atoms with Gasteiger partial charge in [-0.25, -0.2) is 0 Å². The Labute approximate surface area is 80.3 Å². The molecule has 2 atom stereocenters. The molecule has 0 spiro atoms. The molecule has 2 rings (SSSR count). The highest BCUT2D eigenvalue weighted by Gasteiger charge is 2.31. The quantitative estimate of drug-likeness (QED) is 0.615. The van der Waals surface area contributed by atoms with Gasteiger partial charge in [0.1, 0.15) is 5.78 Å². The first-order valence-electron chi connectivity index (χ1n) is 5.54. The number of likely N-dealkylation sites (tertiary alicyclic amines) is 1. The van der Waals surface area contributed by atoms with E-state index < -0.39 is 0 Å². The minimum absolute atomic E-state index is 0.294. The van der Waals surface area contributed by atoms with Crippen LogP contribution in [0.4, 0.5) is 0 Å². The van der Waals surface area contributed by atoms with Gasteiger partial charge in [-0.1, -0.05) is 6.92 Å². The Morgan fingerprint density at radius 3 is 2.77 bits per heavy atom. The van der Waals surface area contributed by atoms with Gasteiger partial charge in [0, 0.05) is 13.0 Å². The Balaban J connectivity index is 1.95. The van der Waals surface area contributed by atoms with E-state index in [-0.39, 0.29) is 0 Å². The van der Waals surface area contributed by atoms with E-state index in [9.17, 15) is 4.79 Å². The third kappa shape index (κ3) is 1.93. The number of Topliss-reactive ketones (excluding diaryl/α,β-unsaturated/α-hetero) is 1. The first kappa shape index (κ1) is 9.20. The molecule has 0 aromatic rings. The third-order valence-corrected chi connectivity index (χ3v) is 3.40. The van der Waals surface area contributed by atoms with Crippen LogP contribution in [0.15, 0.2) is 0 Å². The van der Waals surface area contributed by atoms with Crippen molar-refractivity contribution in [2.45, 2.75) is 45.1 Å². The smallest absolute Gasteiger partial charge is 0.149 e. The van der Waals surface area contributed by atoms with Gasteiger partial charge in [0.05, 0.1) is 6.04 Å². The highest BCUT2D eigenvalue weighted by molar-refractivity contribution is 5.85. The number of carbonyl (C=O) groups is 1. The highest BCUT2D eigenvalue weighted by atomic mass is 16.1. The molecule has 0 bridgehead atoms. The van der Waals surface area contributed by atoms with E-state index in [4.69, 9.17) is 0 Å². The van der Waals surface area contributed by atoms with Crippen molar-refractivity contribution in [1.29, 1.82) is 0 Å². The molecule has 0 amide bonds. The van der Waals surface area contributed by atoms with Crippen LogP contribution in [-0.4, -0.2) is 29.8 Å². The number of carbonyl (C=O) groups excluding carboxylic acids is 1. The predicted octanol–water partition coefficient (Wildman–Crippen LogP) is 1.84. The number of hydrogen-bond acceptors (Lipinski definition) is 2. The van der Waals surface area contributed by atoms with Crippen molar-refractivity contribution in [2.75, 3.05) is 13.1 Å². The van der Waals surface area contributed by atoms with Crippen LogP contribution in [-0.2, 0) is 4.79 Å². The van der Waals surface area contributed by atoms with Crippen molar-refractivity contribution in [1.82, 2.24) is 4.90 Å². The van der Waals surface area contributed by atoms with Crippen molar-refractivity contribution in [3.63, 3.8) is 0 Å². The van der Waals surface area contributed by atoms with Gasteiger partial charge in [0.15, 0.2) is 0 Å². The first-order chi connectivity index (χ1) is 6.27. The SMILES string of the molecule is CC1CCCN(C2CCCC2=O)C1. The second kappa shape index (κ2) is 3.79. The molecule has 2 aliphatic rings. The van der Waals surface area contributed by atoms with Crippen molar-refractivity contribution < 1.29 is 4.79 Å². The summed E-state index contributed by atoms with van der Waals surface area (Å²) in [6, 6.07) is 0.294. The minimum atomic E-state index is 0.294. The van der Waals surface area contributed by atoms with Gasteiger partial charge in [-0.2, -0.15) is 0 Å². The molecule has 1 heterocycles. The normalized spacial score (nSPS) is 36.8. The second-order valence-electron chi connectivity index (χ2n) is 4.62. The summed E-state index contributed by atoms with van der Waals surface area (Å²) in [7, 11) is 0. The lowest BCUT2D eigenvalue weighted by Crippen LogP contribution is -2.44. The standard InChI is InChI=1S/C11H19NO/c1-9-4-3-7-12(8-9)10-5-2-6-11(10)13/h9-10H,2-8H2,1H3. The third-order valence-electron chi connectivity index (χ3n) is 3.40. The number of piperidine rings is 1. The van der Waals surface area contributed by atoms with Crippen LogP contribution in [0.2, 0.25) is 0 Å². The summed E-state index contributed by atoms with van der Waals surface area (Å²) < 4.78 is 0. The van der Waals surface area contributed by atoms with Crippen molar-refractivity contribution in [3.05, 3.63) is 0 Å². The van der Waals surface area contributed by atoms with E-state index in [1.807, 2.05) is 0 Å². The van der Waals surface area contributed by atoms with Crippen LogP contribution in [0.3, 0.4) is 0 Å². The highest BCUT2D eigenvalue weighted by Crippen LogP contribution is 2.25. The molecule has 74 valence electrons. The molecule has 2 heteroatoms. The number of hydrogen-bond donors (Lipinski definition) is 0. The van der Waals surface area contributed by atoms with Crippen LogP contribution in [0.5, 0.6) is 0 Å². The topological polar surface area (TPSA) is 20.3 Å². The monoisotopic (exact) mass is 181 g/mol. The van der Waals surface area contributed by atoms with Gasteiger partial charge in [0.2, 0.25) is 0 Å². The maximum absolute atomic E-state index is 11.5. The lowest BCUT2D eigenvalue weighted by Gasteiger charge is -2.34. The molecule has 1 aliphatic carbocycles. The maximum Gasteiger partial charge on any atom is 0.149 e. The summed E-state index contributed by atoms with van der Waals surface area (Å²) >= 11 is 0. The summed E-state index contributed by atoms with van der Waals surface area (Å²) in [6.45, 7) is 4.60. The zero-order valence-electron chi connectivity index (χ0n) is 8.46.